The number of ketones is 1. The van der Waals surface area contributed by atoms with Crippen LogP contribution in [0.25, 0.3) is 11.4 Å². The number of aliphatic hydroxyl groups excluding tert-OH is 1. The number of carbonyl (C=O) groups is 2. The Bertz CT molecular complexity index is 1500. The minimum Gasteiger partial charge on any atom is -0.505 e. The lowest BCUT2D eigenvalue weighted by Gasteiger charge is -2.22. The summed E-state index contributed by atoms with van der Waals surface area (Å²) in [5.74, 6) is -1.29. The Morgan fingerprint density at radius 2 is 1.94 bits per heavy atom. The third-order valence-corrected chi connectivity index (χ3v) is 6.50. The summed E-state index contributed by atoms with van der Waals surface area (Å²) in [5.41, 5.74) is 2.05. The average Bonchev–Trinajstić information content (AvgIpc) is 3.51. The van der Waals surface area contributed by atoms with E-state index in [0.717, 1.165) is 0 Å². The molecule has 1 atom stereocenters. The van der Waals surface area contributed by atoms with Crippen molar-refractivity contribution in [1.29, 1.82) is 0 Å². The molecule has 10 heteroatoms. The Morgan fingerprint density at radius 3 is 2.63 bits per heavy atom. The van der Waals surface area contributed by atoms with Crippen molar-refractivity contribution >= 4 is 39.6 Å². The molecular formula is C25H21N5O4S. The molecule has 1 aliphatic rings. The van der Waals surface area contributed by atoms with Crippen LogP contribution in [0, 0.1) is 13.8 Å². The standard InChI is InChI=1S/C25H21N5O4S/c1-4-13-34-17-10-8-16(9-11-17)21-19(23(32)24(33)30(21)25-28-27-15(3)35-25)22(31)20-14(2)26-18-7-5-6-12-29(18)20/h4-12,21,31H,1,13H2,2-3H3/b22-19+. The predicted molar refractivity (Wildman–Crippen MR) is 131 cm³/mol. The zero-order valence-corrected chi connectivity index (χ0v) is 19.8. The zero-order valence-electron chi connectivity index (χ0n) is 19.0. The summed E-state index contributed by atoms with van der Waals surface area (Å²) in [7, 11) is 0. The lowest BCUT2D eigenvalue weighted by atomic mass is 9.96. The lowest BCUT2D eigenvalue weighted by Crippen LogP contribution is -2.29. The van der Waals surface area contributed by atoms with Crippen molar-refractivity contribution in [2.45, 2.75) is 19.9 Å². The summed E-state index contributed by atoms with van der Waals surface area (Å²) in [6, 6.07) is 11.5. The number of hydrogen-bond donors (Lipinski definition) is 1. The molecule has 1 N–H and O–H groups in total. The minimum atomic E-state index is -0.913. The number of aryl methyl sites for hydroxylation is 2. The molecule has 3 aromatic heterocycles. The van der Waals surface area contributed by atoms with Crippen molar-refractivity contribution in [2.24, 2.45) is 0 Å². The SMILES string of the molecule is C=CCOc1ccc(C2/C(=C(\O)c3c(C)nc4ccccn34)C(=O)C(=O)N2c2nnc(C)s2)cc1. The number of amides is 1. The highest BCUT2D eigenvalue weighted by molar-refractivity contribution is 7.15. The van der Waals surface area contributed by atoms with E-state index in [-0.39, 0.29) is 16.5 Å². The van der Waals surface area contributed by atoms with Crippen LogP contribution in [0.15, 0.2) is 66.9 Å². The second-order valence-electron chi connectivity index (χ2n) is 7.92. The normalized spacial score (nSPS) is 17.3. The summed E-state index contributed by atoms with van der Waals surface area (Å²) >= 11 is 1.19. The van der Waals surface area contributed by atoms with E-state index in [1.54, 1.807) is 66.9 Å². The van der Waals surface area contributed by atoms with E-state index >= 15 is 0 Å². The Balaban J connectivity index is 1.71. The summed E-state index contributed by atoms with van der Waals surface area (Å²) < 4.78 is 7.26. The fraction of sp³-hybridized carbons (Fsp3) is 0.160. The number of rotatable bonds is 6. The predicted octanol–water partition coefficient (Wildman–Crippen LogP) is 3.99. The van der Waals surface area contributed by atoms with Crippen molar-refractivity contribution < 1.29 is 19.4 Å². The van der Waals surface area contributed by atoms with Gasteiger partial charge in [-0.15, -0.1) is 10.2 Å². The van der Waals surface area contributed by atoms with Crippen molar-refractivity contribution in [3.63, 3.8) is 0 Å². The first-order valence-corrected chi connectivity index (χ1v) is 11.6. The summed E-state index contributed by atoms with van der Waals surface area (Å²) in [5, 5.41) is 20.5. The first-order valence-electron chi connectivity index (χ1n) is 10.8. The molecule has 0 bridgehead atoms. The number of aliphatic hydroxyl groups is 1. The number of Topliss-reactive ketones (excluding diaryl/α,β-unsaturated/α-hetero) is 1. The highest BCUT2D eigenvalue weighted by Crippen LogP contribution is 2.43. The van der Waals surface area contributed by atoms with Gasteiger partial charge in [0.05, 0.1) is 17.3 Å². The van der Waals surface area contributed by atoms with Crippen LogP contribution in [0.3, 0.4) is 0 Å². The Kier molecular flexibility index (Phi) is 5.65. The van der Waals surface area contributed by atoms with Gasteiger partial charge in [0.25, 0.3) is 5.78 Å². The van der Waals surface area contributed by atoms with Gasteiger partial charge in [-0.05, 0) is 43.7 Å². The number of ether oxygens (including phenoxy) is 1. The molecule has 1 saturated heterocycles. The Morgan fingerprint density at radius 1 is 1.17 bits per heavy atom. The van der Waals surface area contributed by atoms with Crippen LogP contribution in [-0.4, -0.2) is 43.0 Å². The number of anilines is 1. The van der Waals surface area contributed by atoms with Gasteiger partial charge in [-0.3, -0.25) is 18.9 Å². The van der Waals surface area contributed by atoms with E-state index < -0.39 is 17.7 Å². The molecule has 0 aliphatic carbocycles. The van der Waals surface area contributed by atoms with Crippen molar-refractivity contribution in [3.05, 3.63) is 88.8 Å². The van der Waals surface area contributed by atoms with Gasteiger partial charge in [0, 0.05) is 6.20 Å². The molecule has 0 saturated carbocycles. The van der Waals surface area contributed by atoms with E-state index in [9.17, 15) is 14.7 Å². The second kappa shape index (κ2) is 8.80. The number of imidazole rings is 1. The number of pyridine rings is 1. The zero-order chi connectivity index (χ0) is 24.7. The monoisotopic (exact) mass is 487 g/mol. The van der Waals surface area contributed by atoms with E-state index in [1.165, 1.54) is 16.2 Å². The first kappa shape index (κ1) is 22.5. The molecule has 4 aromatic rings. The largest absolute Gasteiger partial charge is 0.505 e. The molecule has 1 aliphatic heterocycles. The van der Waals surface area contributed by atoms with Gasteiger partial charge in [-0.1, -0.05) is 42.2 Å². The topological polar surface area (TPSA) is 110 Å². The van der Waals surface area contributed by atoms with Gasteiger partial charge in [0.15, 0.2) is 5.76 Å². The number of hydrogen-bond acceptors (Lipinski definition) is 8. The number of carbonyl (C=O) groups excluding carboxylic acids is 2. The highest BCUT2D eigenvalue weighted by Gasteiger charge is 2.48. The molecule has 5 rings (SSSR count). The average molecular weight is 488 g/mol. The number of fused-ring (bicyclic) bond motifs is 1. The maximum atomic E-state index is 13.4. The van der Waals surface area contributed by atoms with Gasteiger partial charge in [0.1, 0.15) is 28.7 Å². The number of nitrogens with zero attached hydrogens (tertiary/aromatic N) is 5. The highest BCUT2D eigenvalue weighted by atomic mass is 32.1. The Hall–Kier alpha value is -4.31. The van der Waals surface area contributed by atoms with Crippen molar-refractivity contribution in [1.82, 2.24) is 19.6 Å². The van der Waals surface area contributed by atoms with Crippen molar-refractivity contribution in [3.8, 4) is 5.75 Å². The quantitative estimate of drug-likeness (QED) is 0.189. The van der Waals surface area contributed by atoms with Crippen LogP contribution in [0.2, 0.25) is 0 Å². The minimum absolute atomic E-state index is 0.0450. The molecule has 4 heterocycles. The van der Waals surface area contributed by atoms with E-state index in [0.29, 0.717) is 40.0 Å². The molecule has 176 valence electrons. The Labute approximate surface area is 204 Å². The van der Waals surface area contributed by atoms with Gasteiger partial charge >= 0.3 is 5.91 Å². The van der Waals surface area contributed by atoms with E-state index in [1.807, 2.05) is 6.07 Å². The molecular weight excluding hydrogens is 466 g/mol. The maximum Gasteiger partial charge on any atom is 0.301 e. The summed E-state index contributed by atoms with van der Waals surface area (Å²) in [6.45, 7) is 7.49. The summed E-state index contributed by atoms with van der Waals surface area (Å²) in [4.78, 5) is 32.4. The molecule has 1 amide bonds. The molecule has 0 spiro atoms. The molecule has 9 nitrogen and oxygen atoms in total. The summed E-state index contributed by atoms with van der Waals surface area (Å²) in [6.07, 6.45) is 3.38. The van der Waals surface area contributed by atoms with Crippen LogP contribution in [0.4, 0.5) is 5.13 Å². The van der Waals surface area contributed by atoms with E-state index in [2.05, 4.69) is 21.8 Å². The van der Waals surface area contributed by atoms with Gasteiger partial charge in [0.2, 0.25) is 5.13 Å². The molecule has 1 unspecified atom stereocenters. The smallest absolute Gasteiger partial charge is 0.301 e. The van der Waals surface area contributed by atoms with Gasteiger partial charge < -0.3 is 9.84 Å². The van der Waals surface area contributed by atoms with Crippen LogP contribution in [0.5, 0.6) is 5.75 Å². The molecule has 1 fully saturated rings. The first-order chi connectivity index (χ1) is 16.9. The van der Waals surface area contributed by atoms with Crippen LogP contribution in [-0.2, 0) is 9.59 Å². The lowest BCUT2D eigenvalue weighted by molar-refractivity contribution is -0.132. The maximum absolute atomic E-state index is 13.4. The second-order valence-corrected chi connectivity index (χ2v) is 9.08. The third kappa shape index (κ3) is 3.77. The van der Waals surface area contributed by atoms with Crippen LogP contribution < -0.4 is 9.64 Å². The van der Waals surface area contributed by atoms with Gasteiger partial charge in [-0.2, -0.15) is 0 Å². The molecule has 1 aromatic carbocycles. The number of aromatic nitrogens is 4. The van der Waals surface area contributed by atoms with Crippen molar-refractivity contribution in [2.75, 3.05) is 11.5 Å². The number of benzene rings is 1. The molecule has 0 radical (unpaired) electrons. The van der Waals surface area contributed by atoms with Gasteiger partial charge in [-0.25, -0.2) is 4.98 Å². The fourth-order valence-corrected chi connectivity index (χ4v) is 4.87. The van der Waals surface area contributed by atoms with E-state index in [4.69, 9.17) is 4.74 Å². The fourth-order valence-electron chi connectivity index (χ4n) is 4.16. The third-order valence-electron chi connectivity index (χ3n) is 5.66. The van der Waals surface area contributed by atoms with Crippen LogP contribution >= 0.6 is 11.3 Å². The van der Waals surface area contributed by atoms with Crippen LogP contribution in [0.1, 0.15) is 28.0 Å². The molecule has 35 heavy (non-hydrogen) atoms.